The average molecular weight is 426 g/mol. The van der Waals surface area contributed by atoms with Crippen molar-refractivity contribution >= 4 is 17.8 Å². The number of aliphatic carboxylic acids is 1. The number of rotatable bonds is 8. The fourth-order valence-electron chi connectivity index (χ4n) is 3.55. The van der Waals surface area contributed by atoms with Gasteiger partial charge in [-0.05, 0) is 42.7 Å². The SMILES string of the molecule is O=C(O)COC1CCN(C(=O)[C@H](Cc2ccc(O)cc2)NC(=O)c2ccccc2)CC1. The van der Waals surface area contributed by atoms with E-state index in [1.165, 1.54) is 0 Å². The number of hydrogen-bond donors (Lipinski definition) is 3. The summed E-state index contributed by atoms with van der Waals surface area (Å²) in [5.41, 5.74) is 1.27. The minimum absolute atomic E-state index is 0.128. The number of piperidine rings is 1. The van der Waals surface area contributed by atoms with Gasteiger partial charge < -0.3 is 25.2 Å². The van der Waals surface area contributed by atoms with Crippen molar-refractivity contribution in [2.24, 2.45) is 0 Å². The molecule has 0 unspecified atom stereocenters. The maximum absolute atomic E-state index is 13.2. The topological polar surface area (TPSA) is 116 Å². The zero-order valence-corrected chi connectivity index (χ0v) is 17.1. The van der Waals surface area contributed by atoms with Crippen LogP contribution in [0.2, 0.25) is 0 Å². The van der Waals surface area contributed by atoms with Gasteiger partial charge in [0, 0.05) is 25.1 Å². The van der Waals surface area contributed by atoms with Crippen LogP contribution in [0.4, 0.5) is 0 Å². The molecule has 164 valence electrons. The molecule has 3 rings (SSSR count). The molecule has 1 aliphatic heterocycles. The van der Waals surface area contributed by atoms with Crippen LogP contribution in [0.5, 0.6) is 5.75 Å². The Morgan fingerprint density at radius 2 is 1.68 bits per heavy atom. The van der Waals surface area contributed by atoms with Gasteiger partial charge in [0.2, 0.25) is 5.91 Å². The molecular weight excluding hydrogens is 400 g/mol. The zero-order chi connectivity index (χ0) is 22.2. The van der Waals surface area contributed by atoms with Crippen LogP contribution in [0.25, 0.3) is 0 Å². The Balaban J connectivity index is 1.68. The Bertz CT molecular complexity index is 892. The first-order valence-electron chi connectivity index (χ1n) is 10.2. The number of aromatic hydroxyl groups is 1. The maximum Gasteiger partial charge on any atom is 0.329 e. The third-order valence-corrected chi connectivity index (χ3v) is 5.21. The van der Waals surface area contributed by atoms with Crippen molar-refractivity contribution < 1.29 is 29.3 Å². The van der Waals surface area contributed by atoms with Gasteiger partial charge in [0.15, 0.2) is 0 Å². The predicted octanol–water partition coefficient (Wildman–Crippen LogP) is 1.83. The molecule has 2 aromatic carbocycles. The Morgan fingerprint density at radius 1 is 1.03 bits per heavy atom. The second kappa shape index (κ2) is 10.6. The monoisotopic (exact) mass is 426 g/mol. The number of carboxylic acid groups (broad SMARTS) is 1. The number of hydrogen-bond acceptors (Lipinski definition) is 5. The van der Waals surface area contributed by atoms with E-state index >= 15 is 0 Å². The van der Waals surface area contributed by atoms with E-state index in [2.05, 4.69) is 5.32 Å². The second-order valence-corrected chi connectivity index (χ2v) is 7.49. The van der Waals surface area contributed by atoms with E-state index in [0.29, 0.717) is 31.5 Å². The van der Waals surface area contributed by atoms with Gasteiger partial charge in [0.05, 0.1) is 6.10 Å². The van der Waals surface area contributed by atoms with Crippen molar-refractivity contribution in [1.82, 2.24) is 10.2 Å². The summed E-state index contributed by atoms with van der Waals surface area (Å²) in [5.74, 6) is -1.43. The van der Waals surface area contributed by atoms with Crippen molar-refractivity contribution in [3.8, 4) is 5.75 Å². The number of nitrogens with zero attached hydrogens (tertiary/aromatic N) is 1. The minimum atomic E-state index is -1.02. The van der Waals surface area contributed by atoms with E-state index in [9.17, 15) is 19.5 Å². The van der Waals surface area contributed by atoms with E-state index in [4.69, 9.17) is 9.84 Å². The van der Waals surface area contributed by atoms with Crippen molar-refractivity contribution in [3.63, 3.8) is 0 Å². The van der Waals surface area contributed by atoms with E-state index in [1.54, 1.807) is 53.4 Å². The number of likely N-dealkylation sites (tertiary alicyclic amines) is 1. The molecule has 1 aliphatic rings. The first-order chi connectivity index (χ1) is 14.9. The summed E-state index contributed by atoms with van der Waals surface area (Å²) in [6, 6.07) is 14.4. The minimum Gasteiger partial charge on any atom is -0.508 e. The molecule has 0 aliphatic carbocycles. The molecule has 2 aromatic rings. The molecule has 0 saturated carbocycles. The Hall–Kier alpha value is -3.39. The Kier molecular flexibility index (Phi) is 7.61. The average Bonchev–Trinajstić information content (AvgIpc) is 2.79. The highest BCUT2D eigenvalue weighted by molar-refractivity contribution is 5.97. The normalized spacial score (nSPS) is 15.3. The molecule has 2 amide bonds. The summed E-state index contributed by atoms with van der Waals surface area (Å²) in [7, 11) is 0. The van der Waals surface area contributed by atoms with E-state index < -0.39 is 12.0 Å². The number of carboxylic acids is 1. The summed E-state index contributed by atoms with van der Waals surface area (Å²) in [5, 5.41) is 21.1. The fraction of sp³-hybridized carbons (Fsp3) is 0.348. The number of ether oxygens (including phenoxy) is 1. The highest BCUT2D eigenvalue weighted by Gasteiger charge is 2.30. The van der Waals surface area contributed by atoms with E-state index in [1.807, 2.05) is 6.07 Å². The van der Waals surface area contributed by atoms with Gasteiger partial charge in [0.25, 0.3) is 5.91 Å². The van der Waals surface area contributed by atoms with Crippen LogP contribution in [-0.2, 0) is 20.7 Å². The molecule has 0 aromatic heterocycles. The molecule has 8 nitrogen and oxygen atoms in total. The molecule has 0 bridgehead atoms. The highest BCUT2D eigenvalue weighted by atomic mass is 16.5. The summed E-state index contributed by atoms with van der Waals surface area (Å²) in [4.78, 5) is 38.3. The largest absolute Gasteiger partial charge is 0.508 e. The number of carbonyl (C=O) groups is 3. The quantitative estimate of drug-likeness (QED) is 0.593. The van der Waals surface area contributed by atoms with Crippen LogP contribution in [0.1, 0.15) is 28.8 Å². The zero-order valence-electron chi connectivity index (χ0n) is 17.1. The lowest BCUT2D eigenvalue weighted by Gasteiger charge is -2.34. The molecule has 1 fully saturated rings. The van der Waals surface area contributed by atoms with E-state index in [-0.39, 0.29) is 36.7 Å². The number of phenolic OH excluding ortho intramolecular Hbond substituents is 1. The number of nitrogens with one attached hydrogen (secondary N) is 1. The summed E-state index contributed by atoms with van der Waals surface area (Å²) in [6.45, 7) is 0.502. The maximum atomic E-state index is 13.2. The third kappa shape index (κ3) is 6.55. The van der Waals surface area contributed by atoms with Gasteiger partial charge in [-0.1, -0.05) is 30.3 Å². The molecule has 1 heterocycles. The second-order valence-electron chi connectivity index (χ2n) is 7.49. The van der Waals surface area contributed by atoms with Gasteiger partial charge in [-0.3, -0.25) is 9.59 Å². The Labute approximate surface area is 180 Å². The molecule has 0 spiro atoms. The van der Waals surface area contributed by atoms with Gasteiger partial charge in [0.1, 0.15) is 18.4 Å². The summed E-state index contributed by atoms with van der Waals surface area (Å²) < 4.78 is 5.33. The summed E-state index contributed by atoms with van der Waals surface area (Å²) >= 11 is 0. The van der Waals surface area contributed by atoms with Crippen LogP contribution >= 0.6 is 0 Å². The molecule has 1 atom stereocenters. The standard InChI is InChI=1S/C23H26N2O6/c26-18-8-6-16(7-9-18)14-20(24-22(29)17-4-2-1-3-5-17)23(30)25-12-10-19(11-13-25)31-15-21(27)28/h1-9,19-20,26H,10-15H2,(H,24,29)(H,27,28)/t20-/m0/s1. The van der Waals surface area contributed by atoms with Crippen LogP contribution in [0.3, 0.4) is 0 Å². The number of carbonyl (C=O) groups excluding carboxylic acids is 2. The first-order valence-corrected chi connectivity index (χ1v) is 10.2. The molecule has 8 heteroatoms. The smallest absolute Gasteiger partial charge is 0.329 e. The van der Waals surface area contributed by atoms with Crippen LogP contribution < -0.4 is 5.32 Å². The van der Waals surface area contributed by atoms with Crippen molar-refractivity contribution in [2.45, 2.75) is 31.4 Å². The fourth-order valence-corrected chi connectivity index (χ4v) is 3.55. The van der Waals surface area contributed by atoms with Gasteiger partial charge in [-0.2, -0.15) is 0 Å². The van der Waals surface area contributed by atoms with E-state index in [0.717, 1.165) is 5.56 Å². The van der Waals surface area contributed by atoms with Crippen molar-refractivity contribution in [1.29, 1.82) is 0 Å². The third-order valence-electron chi connectivity index (χ3n) is 5.21. The molecule has 3 N–H and O–H groups in total. The lowest BCUT2D eigenvalue weighted by Crippen LogP contribution is -2.52. The van der Waals surface area contributed by atoms with Gasteiger partial charge in [-0.25, -0.2) is 4.79 Å². The Morgan fingerprint density at radius 3 is 2.29 bits per heavy atom. The van der Waals surface area contributed by atoms with Crippen LogP contribution in [0.15, 0.2) is 54.6 Å². The first kappa shape index (κ1) is 22.3. The molecule has 0 radical (unpaired) electrons. The number of phenols is 1. The lowest BCUT2D eigenvalue weighted by atomic mass is 10.0. The number of benzene rings is 2. The molecule has 31 heavy (non-hydrogen) atoms. The predicted molar refractivity (Wildman–Crippen MR) is 113 cm³/mol. The van der Waals surface area contributed by atoms with Crippen molar-refractivity contribution in [3.05, 3.63) is 65.7 Å². The lowest BCUT2D eigenvalue weighted by molar-refractivity contribution is -0.147. The van der Waals surface area contributed by atoms with Gasteiger partial charge >= 0.3 is 5.97 Å². The van der Waals surface area contributed by atoms with Gasteiger partial charge in [-0.15, -0.1) is 0 Å². The molecule has 1 saturated heterocycles. The van der Waals surface area contributed by atoms with Crippen LogP contribution in [-0.4, -0.2) is 64.7 Å². The summed E-state index contributed by atoms with van der Waals surface area (Å²) in [6.07, 6.45) is 1.16. The number of amides is 2. The highest BCUT2D eigenvalue weighted by Crippen LogP contribution is 2.17. The van der Waals surface area contributed by atoms with Crippen molar-refractivity contribution in [2.75, 3.05) is 19.7 Å². The molecular formula is C23H26N2O6. The van der Waals surface area contributed by atoms with Crippen LogP contribution in [0, 0.1) is 0 Å².